The van der Waals surface area contributed by atoms with E-state index in [1.807, 2.05) is 43.0 Å². The van der Waals surface area contributed by atoms with Crippen LogP contribution in [-0.4, -0.2) is 60.9 Å². The van der Waals surface area contributed by atoms with Gasteiger partial charge in [0, 0.05) is 74.0 Å². The standard InChI is InChI=1S/C33H46N4O4/c1-23(2)22-41-33(39)35-28-14-12-25(13-15-28)19-27(34)20-31(38)36-16-7-9-26(21-36)32-24(3)29-10-5-6-11-30(29)37(32)17-8-18-40-4/h5-6,10-15,23,26-27H,7-9,16-22,34H2,1-4H3,(H,35,39). The lowest BCUT2D eigenvalue weighted by atomic mass is 9.91. The quantitative estimate of drug-likeness (QED) is 0.270. The van der Waals surface area contributed by atoms with Crippen molar-refractivity contribution in [2.24, 2.45) is 11.7 Å². The molecule has 2 heterocycles. The Balaban J connectivity index is 1.35. The molecular weight excluding hydrogens is 516 g/mol. The number of carbonyl (C=O) groups is 2. The maximum atomic E-state index is 13.4. The minimum Gasteiger partial charge on any atom is -0.449 e. The van der Waals surface area contributed by atoms with E-state index in [-0.39, 0.29) is 17.9 Å². The van der Waals surface area contributed by atoms with Gasteiger partial charge in [0.25, 0.3) is 0 Å². The number of nitrogens with two attached hydrogens (primary N) is 1. The van der Waals surface area contributed by atoms with Crippen LogP contribution in [-0.2, 0) is 27.2 Å². The third-order valence-electron chi connectivity index (χ3n) is 7.85. The molecular formula is C33H46N4O4. The molecule has 3 N–H and O–H groups in total. The maximum Gasteiger partial charge on any atom is 0.411 e. The van der Waals surface area contributed by atoms with E-state index in [1.54, 1.807) is 7.11 Å². The second kappa shape index (κ2) is 14.5. The molecule has 0 aliphatic carbocycles. The van der Waals surface area contributed by atoms with Gasteiger partial charge in [0.1, 0.15) is 0 Å². The predicted molar refractivity (Wildman–Crippen MR) is 164 cm³/mol. The van der Waals surface area contributed by atoms with Gasteiger partial charge in [-0.15, -0.1) is 0 Å². The summed E-state index contributed by atoms with van der Waals surface area (Å²) in [6, 6.07) is 15.9. The summed E-state index contributed by atoms with van der Waals surface area (Å²) in [5.74, 6) is 0.698. The molecule has 1 aliphatic heterocycles. The first-order chi connectivity index (χ1) is 19.8. The van der Waals surface area contributed by atoms with Gasteiger partial charge in [0.15, 0.2) is 0 Å². The Bertz CT molecular complexity index is 1300. The first-order valence-corrected chi connectivity index (χ1v) is 14.9. The number of nitrogens with one attached hydrogen (secondary N) is 1. The maximum absolute atomic E-state index is 13.4. The molecule has 1 fully saturated rings. The van der Waals surface area contributed by atoms with Crippen molar-refractivity contribution in [1.29, 1.82) is 0 Å². The van der Waals surface area contributed by atoms with Gasteiger partial charge in [-0.3, -0.25) is 10.1 Å². The van der Waals surface area contributed by atoms with Crippen LogP contribution in [0, 0.1) is 12.8 Å². The number of methoxy groups -OCH3 is 1. The number of amides is 2. The average molecular weight is 563 g/mol. The highest BCUT2D eigenvalue weighted by atomic mass is 16.5. The van der Waals surface area contributed by atoms with Crippen molar-refractivity contribution in [3.8, 4) is 0 Å². The van der Waals surface area contributed by atoms with Crippen molar-refractivity contribution in [2.75, 3.05) is 38.7 Å². The number of anilines is 1. The number of carbonyl (C=O) groups excluding carboxylic acids is 2. The minimum absolute atomic E-state index is 0.119. The second-order valence-corrected chi connectivity index (χ2v) is 11.7. The Morgan fingerprint density at radius 1 is 1.12 bits per heavy atom. The van der Waals surface area contributed by atoms with Crippen LogP contribution in [0.4, 0.5) is 10.5 Å². The Kier molecular flexibility index (Phi) is 10.8. The molecule has 8 nitrogen and oxygen atoms in total. The highest BCUT2D eigenvalue weighted by molar-refractivity contribution is 5.86. The number of ether oxygens (including phenoxy) is 2. The molecule has 8 heteroatoms. The molecule has 2 aromatic carbocycles. The molecule has 4 rings (SSSR count). The van der Waals surface area contributed by atoms with Gasteiger partial charge in [-0.2, -0.15) is 0 Å². The molecule has 0 radical (unpaired) electrons. The van der Waals surface area contributed by atoms with Gasteiger partial charge in [0.05, 0.1) is 6.61 Å². The fraction of sp³-hybridized carbons (Fsp3) is 0.515. The van der Waals surface area contributed by atoms with Crippen molar-refractivity contribution in [2.45, 2.75) is 71.4 Å². The number of rotatable bonds is 12. The zero-order valence-corrected chi connectivity index (χ0v) is 25.0. The number of hydrogen-bond acceptors (Lipinski definition) is 5. The molecule has 3 aromatic rings. The number of fused-ring (bicyclic) bond motifs is 1. The van der Waals surface area contributed by atoms with Crippen molar-refractivity contribution < 1.29 is 19.1 Å². The van der Waals surface area contributed by atoms with E-state index in [9.17, 15) is 9.59 Å². The molecule has 2 amide bonds. The zero-order valence-electron chi connectivity index (χ0n) is 25.0. The third-order valence-corrected chi connectivity index (χ3v) is 7.85. The number of para-hydroxylation sites is 1. The van der Waals surface area contributed by atoms with E-state index < -0.39 is 6.09 Å². The number of benzene rings is 2. The zero-order chi connectivity index (χ0) is 29.4. The number of aryl methyl sites for hydroxylation is 2. The summed E-state index contributed by atoms with van der Waals surface area (Å²) in [4.78, 5) is 27.3. The summed E-state index contributed by atoms with van der Waals surface area (Å²) < 4.78 is 13.0. The van der Waals surface area contributed by atoms with Gasteiger partial charge in [-0.1, -0.05) is 44.2 Å². The highest BCUT2D eigenvalue weighted by Gasteiger charge is 2.29. The molecule has 222 valence electrons. The Labute approximate surface area is 244 Å². The van der Waals surface area contributed by atoms with Crippen LogP contribution in [0.1, 0.15) is 62.3 Å². The van der Waals surface area contributed by atoms with Crippen LogP contribution in [0.15, 0.2) is 48.5 Å². The molecule has 41 heavy (non-hydrogen) atoms. The molecule has 0 bridgehead atoms. The number of aromatic nitrogens is 1. The summed E-state index contributed by atoms with van der Waals surface area (Å²) in [6.45, 7) is 9.71. The predicted octanol–water partition coefficient (Wildman–Crippen LogP) is 5.86. The fourth-order valence-electron chi connectivity index (χ4n) is 5.91. The monoisotopic (exact) mass is 562 g/mol. The largest absolute Gasteiger partial charge is 0.449 e. The van der Waals surface area contributed by atoms with Gasteiger partial charge in [-0.05, 0) is 67.9 Å². The normalized spacial score (nSPS) is 16.2. The van der Waals surface area contributed by atoms with Crippen molar-refractivity contribution >= 4 is 28.6 Å². The Hall–Kier alpha value is -3.36. The van der Waals surface area contributed by atoms with Crippen LogP contribution < -0.4 is 11.1 Å². The van der Waals surface area contributed by atoms with Crippen LogP contribution in [0.5, 0.6) is 0 Å². The number of nitrogens with zero attached hydrogens (tertiary/aromatic N) is 2. The van der Waals surface area contributed by atoms with Crippen molar-refractivity contribution in [3.63, 3.8) is 0 Å². The summed E-state index contributed by atoms with van der Waals surface area (Å²) in [6.07, 6.45) is 3.45. The first kappa shape index (κ1) is 30.6. The van der Waals surface area contributed by atoms with Crippen LogP contribution in [0.3, 0.4) is 0 Å². The van der Waals surface area contributed by atoms with E-state index in [4.69, 9.17) is 15.2 Å². The van der Waals surface area contributed by atoms with Crippen LogP contribution in [0.25, 0.3) is 10.9 Å². The molecule has 1 aliphatic rings. The lowest BCUT2D eigenvalue weighted by Crippen LogP contribution is -2.42. The molecule has 1 aromatic heterocycles. The number of hydrogen-bond donors (Lipinski definition) is 2. The van der Waals surface area contributed by atoms with E-state index in [1.165, 1.54) is 22.2 Å². The van der Waals surface area contributed by atoms with Crippen LogP contribution >= 0.6 is 0 Å². The SMILES string of the molecule is COCCCn1c(C2CCCN(C(=O)CC(N)Cc3ccc(NC(=O)OCC(C)C)cc3)C2)c(C)c2ccccc21. The van der Waals surface area contributed by atoms with E-state index >= 15 is 0 Å². The van der Waals surface area contributed by atoms with E-state index in [2.05, 4.69) is 41.1 Å². The Morgan fingerprint density at radius 2 is 1.88 bits per heavy atom. The lowest BCUT2D eigenvalue weighted by molar-refractivity contribution is -0.132. The smallest absolute Gasteiger partial charge is 0.411 e. The lowest BCUT2D eigenvalue weighted by Gasteiger charge is -2.34. The van der Waals surface area contributed by atoms with Crippen molar-refractivity contribution in [1.82, 2.24) is 9.47 Å². The molecule has 2 unspecified atom stereocenters. The molecule has 0 saturated carbocycles. The van der Waals surface area contributed by atoms with Crippen LogP contribution in [0.2, 0.25) is 0 Å². The summed E-state index contributed by atoms with van der Waals surface area (Å²) >= 11 is 0. The van der Waals surface area contributed by atoms with E-state index in [0.29, 0.717) is 31.1 Å². The summed E-state index contributed by atoms with van der Waals surface area (Å²) in [5.41, 5.74) is 12.1. The van der Waals surface area contributed by atoms with Gasteiger partial charge in [0.2, 0.25) is 5.91 Å². The highest BCUT2D eigenvalue weighted by Crippen LogP contribution is 2.36. The fourth-order valence-corrected chi connectivity index (χ4v) is 5.91. The summed E-state index contributed by atoms with van der Waals surface area (Å²) in [5, 5.41) is 4.03. The Morgan fingerprint density at radius 3 is 2.61 bits per heavy atom. The van der Waals surface area contributed by atoms with E-state index in [0.717, 1.165) is 51.1 Å². The third kappa shape index (κ3) is 8.11. The molecule has 1 saturated heterocycles. The van der Waals surface area contributed by atoms with Gasteiger partial charge >= 0.3 is 6.09 Å². The van der Waals surface area contributed by atoms with Crippen molar-refractivity contribution in [3.05, 3.63) is 65.4 Å². The topological polar surface area (TPSA) is 98.8 Å². The number of likely N-dealkylation sites (tertiary alicyclic amines) is 1. The minimum atomic E-state index is -0.459. The number of piperidine rings is 1. The first-order valence-electron chi connectivity index (χ1n) is 14.9. The summed E-state index contributed by atoms with van der Waals surface area (Å²) in [7, 11) is 1.75. The second-order valence-electron chi connectivity index (χ2n) is 11.7. The molecule has 0 spiro atoms. The van der Waals surface area contributed by atoms with Gasteiger partial charge in [-0.25, -0.2) is 4.79 Å². The van der Waals surface area contributed by atoms with Gasteiger partial charge < -0.3 is 24.7 Å². The molecule has 2 atom stereocenters. The average Bonchev–Trinajstić information content (AvgIpc) is 3.24.